The maximum absolute atomic E-state index is 13.7. The van der Waals surface area contributed by atoms with Crippen molar-refractivity contribution in [2.75, 3.05) is 44.3 Å². The second-order valence-electron chi connectivity index (χ2n) is 16.9. The van der Waals surface area contributed by atoms with Gasteiger partial charge in [-0.05, 0) is 62.2 Å². The monoisotopic (exact) mass is 1060 g/mol. The number of ketones is 2. The fraction of sp³-hybridized carbons (Fsp3) is 0.340. The molecule has 4 amide bonds. The number of H-pyrrole nitrogens is 1. The number of nitrogens with zero attached hydrogens (tertiary/aromatic N) is 4. The number of carboxylic acids is 2. The number of ether oxygens (including phenoxy) is 4. The first-order valence-corrected chi connectivity index (χ1v) is 24.8. The smallest absolute Gasteiger partial charge is 0.411 e. The molecule has 2 aliphatic heterocycles. The van der Waals surface area contributed by atoms with Crippen LogP contribution in [0.1, 0.15) is 48.3 Å². The average molecular weight is 1060 g/mol. The van der Waals surface area contributed by atoms with Crippen LogP contribution < -0.4 is 33.0 Å². The fourth-order valence-electron chi connectivity index (χ4n) is 8.77. The van der Waals surface area contributed by atoms with E-state index >= 15 is 0 Å². The Balaban J connectivity index is 0.856. The Bertz CT molecular complexity index is 3040. The number of primary amides is 1. The van der Waals surface area contributed by atoms with Crippen LogP contribution in [0.25, 0.3) is 11.0 Å². The average Bonchev–Trinajstić information content (AvgIpc) is 3.83. The van der Waals surface area contributed by atoms with Crippen LogP contribution in [0.3, 0.4) is 0 Å². The van der Waals surface area contributed by atoms with Crippen LogP contribution >= 0.6 is 21.6 Å². The lowest BCUT2D eigenvalue weighted by atomic mass is 9.82. The van der Waals surface area contributed by atoms with E-state index in [1.165, 1.54) is 66.1 Å². The van der Waals surface area contributed by atoms with Gasteiger partial charge in [-0.2, -0.15) is 0 Å². The van der Waals surface area contributed by atoms with Gasteiger partial charge in [0.1, 0.15) is 31.1 Å². The molecule has 1 fully saturated rings. The van der Waals surface area contributed by atoms with Gasteiger partial charge in [0.25, 0.3) is 11.5 Å². The van der Waals surface area contributed by atoms with E-state index in [1.807, 2.05) is 0 Å². The van der Waals surface area contributed by atoms with Gasteiger partial charge in [0.15, 0.2) is 17.0 Å². The van der Waals surface area contributed by atoms with Gasteiger partial charge in [0.2, 0.25) is 17.5 Å². The second-order valence-corrected chi connectivity index (χ2v) is 19.4. The highest BCUT2D eigenvalue weighted by Gasteiger charge is 2.67. The molecule has 2 aromatic carbocycles. The summed E-state index contributed by atoms with van der Waals surface area (Å²) in [6, 6.07) is 10.7. The molecule has 390 valence electrons. The number of methoxy groups -OCH3 is 2. The van der Waals surface area contributed by atoms with Gasteiger partial charge in [0.05, 0.1) is 55.4 Å². The molecule has 1 unspecified atom stereocenters. The van der Waals surface area contributed by atoms with Gasteiger partial charge >= 0.3 is 24.1 Å². The number of pyridine rings is 1. The molecule has 27 heteroatoms. The third-order valence-corrected chi connectivity index (χ3v) is 14.9. The van der Waals surface area contributed by atoms with E-state index in [0.717, 1.165) is 10.8 Å². The van der Waals surface area contributed by atoms with Gasteiger partial charge in [0, 0.05) is 52.6 Å². The molecule has 25 nitrogen and oxygen atoms in total. The van der Waals surface area contributed by atoms with E-state index in [-0.39, 0.29) is 71.5 Å². The zero-order valence-corrected chi connectivity index (χ0v) is 41.6. The highest BCUT2D eigenvalue weighted by Crippen LogP contribution is 2.53. The van der Waals surface area contributed by atoms with Crippen molar-refractivity contribution in [3.8, 4) is 0 Å². The number of carbonyl (C=O) groups is 8. The number of Topliss-reactive ketones (excluding diaryl/α,β-unsaturated/α-hetero) is 2. The van der Waals surface area contributed by atoms with Crippen molar-refractivity contribution in [1.82, 2.24) is 35.4 Å². The van der Waals surface area contributed by atoms with Crippen molar-refractivity contribution >= 4 is 91.6 Å². The quantitative estimate of drug-likeness (QED) is 0.0439. The SMILES string of the molecule is COC1=C(C)C(=O)C2=C(C1=O)[C@@H](COC(N)=O)[C@@]1(OC)[C@H](C)N(C(=O)OCc3ccc(SSCC(NC(=O)CC[C@H](NC(=O)c4ccc(NCc5cnc6cc(N)[nH]c(=O)c6n5)cc4)C(=O)O)C(=O)O)cc3)CN21. The zero-order chi connectivity index (χ0) is 53.6. The fourth-order valence-corrected chi connectivity index (χ4v) is 10.9. The summed E-state index contributed by atoms with van der Waals surface area (Å²) in [6.07, 6.45) is -1.15. The molecule has 7 rings (SSSR count). The number of benzene rings is 2. The lowest BCUT2D eigenvalue weighted by Crippen LogP contribution is -2.56. The number of rotatable bonds is 21. The third kappa shape index (κ3) is 11.2. The van der Waals surface area contributed by atoms with Crippen LogP contribution in [0.4, 0.5) is 21.1 Å². The van der Waals surface area contributed by atoms with Crippen LogP contribution in [0, 0.1) is 5.92 Å². The third-order valence-electron chi connectivity index (χ3n) is 12.5. The van der Waals surface area contributed by atoms with Gasteiger partial charge in [-0.3, -0.25) is 33.9 Å². The predicted molar refractivity (Wildman–Crippen MR) is 264 cm³/mol. The molecule has 4 aromatic rings. The Hall–Kier alpha value is -8.17. The molecular weight excluding hydrogens is 1010 g/mol. The van der Waals surface area contributed by atoms with E-state index in [0.29, 0.717) is 27.4 Å². The first kappa shape index (κ1) is 53.6. The molecule has 10 N–H and O–H groups in total. The van der Waals surface area contributed by atoms with E-state index in [1.54, 1.807) is 43.3 Å². The minimum Gasteiger partial charge on any atom is -0.492 e. The summed E-state index contributed by atoms with van der Waals surface area (Å²) in [6.45, 7) is 2.45. The molecule has 1 saturated heterocycles. The number of allylic oxidation sites excluding steroid dienone is 2. The van der Waals surface area contributed by atoms with Crippen molar-refractivity contribution in [2.24, 2.45) is 11.7 Å². The number of nitrogens with one attached hydrogen (secondary N) is 4. The molecule has 0 spiro atoms. The second kappa shape index (κ2) is 22.7. The van der Waals surface area contributed by atoms with Gasteiger partial charge in [-0.15, -0.1) is 0 Å². The summed E-state index contributed by atoms with van der Waals surface area (Å²) in [4.78, 5) is 129. The number of carboxylic acid groups (broad SMARTS) is 2. The Kier molecular flexibility index (Phi) is 16.5. The molecule has 4 heterocycles. The first-order chi connectivity index (χ1) is 35.3. The number of amides is 4. The van der Waals surface area contributed by atoms with Crippen LogP contribution in [0.5, 0.6) is 0 Å². The number of anilines is 2. The zero-order valence-electron chi connectivity index (χ0n) is 40.0. The summed E-state index contributed by atoms with van der Waals surface area (Å²) < 4.78 is 22.1. The largest absolute Gasteiger partial charge is 0.492 e. The number of hydrogen-bond acceptors (Lipinski definition) is 20. The number of fused-ring (bicyclic) bond motifs is 3. The van der Waals surface area contributed by atoms with Gasteiger partial charge in [-0.25, -0.2) is 24.2 Å². The molecular formula is C47H50N10O15S2. The van der Waals surface area contributed by atoms with E-state index in [4.69, 9.17) is 30.4 Å². The Labute approximate surface area is 428 Å². The standard InChI is InChI=1S/C47H50N10O15S2/c1-22-38(59)37-35(39(60)40(22)69-3)29(19-71-45(49)67)47(70-4)23(2)56(21-57(37)47)46(68)72-18-24-5-11-28(12-6-24)74-73-20-32(44(65)66)53-34(58)14-13-30(43(63)64)54-41(61)25-7-9-26(10-8-25)50-16-27-17-51-31-15-33(48)55-42(62)36(31)52-27/h5-12,15,17,23,29-30,32,50H,13-14,16,18-21H2,1-4H3,(H2,49,67)(H,53,58)(H,54,61)(H,63,64)(H,65,66)(H3,48,55,62)/t23-,29+,30-,32?,47-/m0/s1. The summed E-state index contributed by atoms with van der Waals surface area (Å²) in [5.41, 5.74) is 11.2. The van der Waals surface area contributed by atoms with Crippen molar-refractivity contribution in [3.63, 3.8) is 0 Å². The Morgan fingerprint density at radius 1 is 0.959 bits per heavy atom. The number of carbonyl (C=O) groups excluding carboxylic acids is 6. The number of nitrogens with two attached hydrogens (primary N) is 2. The number of aliphatic carboxylic acids is 2. The van der Waals surface area contributed by atoms with Crippen molar-refractivity contribution in [1.29, 1.82) is 0 Å². The van der Waals surface area contributed by atoms with Crippen LogP contribution in [-0.2, 0) is 56.1 Å². The van der Waals surface area contributed by atoms with Gasteiger partial charge < -0.3 is 66.5 Å². The highest BCUT2D eigenvalue weighted by atomic mass is 33.1. The van der Waals surface area contributed by atoms with E-state index < -0.39 is 95.9 Å². The maximum atomic E-state index is 13.7. The Morgan fingerprint density at radius 3 is 2.31 bits per heavy atom. The normalized spacial score (nSPS) is 18.9. The molecule has 2 aromatic heterocycles. The highest BCUT2D eigenvalue weighted by molar-refractivity contribution is 8.76. The molecule has 1 aliphatic carbocycles. The van der Waals surface area contributed by atoms with Crippen LogP contribution in [-0.4, -0.2) is 140 Å². The van der Waals surface area contributed by atoms with Crippen molar-refractivity contribution in [3.05, 3.63) is 111 Å². The minimum absolute atomic E-state index is 0.0127. The molecule has 0 radical (unpaired) electrons. The lowest BCUT2D eigenvalue weighted by Gasteiger charge is -2.40. The molecule has 0 saturated carbocycles. The molecule has 0 bridgehead atoms. The molecule has 74 heavy (non-hydrogen) atoms. The summed E-state index contributed by atoms with van der Waals surface area (Å²) >= 11 is 0. The maximum Gasteiger partial charge on any atom is 0.411 e. The van der Waals surface area contributed by atoms with E-state index in [9.17, 15) is 53.4 Å². The number of hydrogen-bond donors (Lipinski definition) is 8. The first-order valence-electron chi connectivity index (χ1n) is 22.5. The van der Waals surface area contributed by atoms with Crippen molar-refractivity contribution < 1.29 is 67.5 Å². The van der Waals surface area contributed by atoms with E-state index in [2.05, 4.69) is 30.9 Å². The summed E-state index contributed by atoms with van der Waals surface area (Å²) in [7, 11) is 4.96. The number of aromatic nitrogens is 3. The molecule has 3 aliphatic rings. The van der Waals surface area contributed by atoms with Crippen LogP contribution in [0.2, 0.25) is 0 Å². The summed E-state index contributed by atoms with van der Waals surface area (Å²) in [5.74, 6) is -6.42. The van der Waals surface area contributed by atoms with Crippen molar-refractivity contribution in [2.45, 2.75) is 68.6 Å². The Morgan fingerprint density at radius 2 is 1.66 bits per heavy atom. The molecule has 5 atom stereocenters. The number of aromatic amines is 1. The minimum atomic E-state index is -1.53. The number of nitrogen functional groups attached to an aromatic ring is 1. The van der Waals surface area contributed by atoms with Crippen LogP contribution in [0.15, 0.2) is 93.1 Å². The summed E-state index contributed by atoms with van der Waals surface area (Å²) in [5, 5.41) is 27.5. The topological polar surface area (TPSA) is 367 Å². The predicted octanol–water partition coefficient (Wildman–Crippen LogP) is 2.48. The van der Waals surface area contributed by atoms with Gasteiger partial charge in [-0.1, -0.05) is 33.7 Å². The lowest BCUT2D eigenvalue weighted by molar-refractivity contribution is -0.142.